The molecule has 3 nitrogen and oxygen atoms in total. The van der Waals surface area contributed by atoms with Crippen molar-refractivity contribution in [3.63, 3.8) is 0 Å². The molecule has 3 heteroatoms. The molecule has 53 valence electrons. The molecule has 2 rings (SSSR count). The Balaban J connectivity index is 2.46. The Labute approximate surface area is 63.7 Å². The molecule has 11 heavy (non-hydrogen) atoms. The van der Waals surface area contributed by atoms with Crippen molar-refractivity contribution in [1.82, 2.24) is 9.97 Å². The van der Waals surface area contributed by atoms with E-state index < -0.39 is 0 Å². The van der Waals surface area contributed by atoms with Gasteiger partial charge in [-0.3, -0.25) is 4.98 Å². The molecule has 0 atom stereocenters. The topological polar surface area (TPSA) is 38.9 Å². The fraction of sp³-hybridized carbons (Fsp3) is 0. The van der Waals surface area contributed by atoms with Crippen LogP contribution in [0.15, 0.2) is 35.1 Å². The normalized spacial score (nSPS) is 9.82. The summed E-state index contributed by atoms with van der Waals surface area (Å²) < 4.78 is 4.99. The lowest BCUT2D eigenvalue weighted by Gasteiger charge is -1.89. The molecule has 2 aromatic heterocycles. The van der Waals surface area contributed by atoms with Crippen molar-refractivity contribution in [2.24, 2.45) is 0 Å². The number of rotatable bonds is 1. The minimum absolute atomic E-state index is 0.505. The van der Waals surface area contributed by atoms with E-state index in [0.29, 0.717) is 5.89 Å². The SMILES string of the molecule is [c]1coc(-c2ccccn2)n1. The number of nitrogens with zero attached hydrogens (tertiary/aromatic N) is 2. The van der Waals surface area contributed by atoms with Crippen LogP contribution in [0.4, 0.5) is 0 Å². The summed E-state index contributed by atoms with van der Waals surface area (Å²) in [6, 6.07) is 5.56. The number of hydrogen-bond donors (Lipinski definition) is 0. The smallest absolute Gasteiger partial charge is 0.245 e. The molecular weight excluding hydrogens is 140 g/mol. The minimum Gasteiger partial charge on any atom is -0.443 e. The molecule has 0 unspecified atom stereocenters. The highest BCUT2D eigenvalue weighted by Crippen LogP contribution is 2.11. The average molecular weight is 145 g/mol. The van der Waals surface area contributed by atoms with E-state index in [-0.39, 0.29) is 0 Å². The van der Waals surface area contributed by atoms with Crippen molar-refractivity contribution >= 4 is 0 Å². The van der Waals surface area contributed by atoms with Crippen molar-refractivity contribution in [3.8, 4) is 11.6 Å². The standard InChI is InChI=1S/C8H5N2O/c1-2-4-9-7(3-1)8-10-5-6-11-8/h1-4,6H. The van der Waals surface area contributed by atoms with Crippen molar-refractivity contribution < 1.29 is 4.42 Å². The maximum Gasteiger partial charge on any atom is 0.245 e. The van der Waals surface area contributed by atoms with Crippen LogP contribution in [0, 0.1) is 6.20 Å². The number of oxazole rings is 1. The van der Waals surface area contributed by atoms with E-state index in [2.05, 4.69) is 16.2 Å². The highest BCUT2D eigenvalue weighted by atomic mass is 16.3. The van der Waals surface area contributed by atoms with Gasteiger partial charge >= 0.3 is 0 Å². The molecule has 0 saturated heterocycles. The van der Waals surface area contributed by atoms with Crippen molar-refractivity contribution in [2.45, 2.75) is 0 Å². The summed E-state index contributed by atoms with van der Waals surface area (Å²) in [6.45, 7) is 0. The van der Waals surface area contributed by atoms with Crippen LogP contribution >= 0.6 is 0 Å². The van der Waals surface area contributed by atoms with Crippen LogP contribution < -0.4 is 0 Å². The third kappa shape index (κ3) is 1.12. The average Bonchev–Trinajstić information content (AvgIpc) is 2.58. The molecule has 0 aliphatic carbocycles. The molecule has 0 aliphatic rings. The van der Waals surface area contributed by atoms with Crippen LogP contribution in [0.25, 0.3) is 11.6 Å². The maximum absolute atomic E-state index is 4.99. The van der Waals surface area contributed by atoms with E-state index in [4.69, 9.17) is 4.42 Å². The molecule has 0 aliphatic heterocycles. The van der Waals surface area contributed by atoms with E-state index in [1.807, 2.05) is 18.2 Å². The van der Waals surface area contributed by atoms with E-state index in [1.165, 1.54) is 6.26 Å². The predicted octanol–water partition coefficient (Wildman–Crippen LogP) is 1.54. The summed E-state index contributed by atoms with van der Waals surface area (Å²) in [5.41, 5.74) is 0.730. The molecule has 0 spiro atoms. The van der Waals surface area contributed by atoms with Crippen molar-refractivity contribution in [1.29, 1.82) is 0 Å². The highest BCUT2D eigenvalue weighted by Gasteiger charge is 2.00. The summed E-state index contributed by atoms with van der Waals surface area (Å²) in [4.78, 5) is 7.88. The van der Waals surface area contributed by atoms with Gasteiger partial charge in [0.2, 0.25) is 5.89 Å². The lowest BCUT2D eigenvalue weighted by atomic mass is 10.3. The summed E-state index contributed by atoms with van der Waals surface area (Å²) in [7, 11) is 0. The molecule has 0 saturated carbocycles. The van der Waals surface area contributed by atoms with Gasteiger partial charge in [0.05, 0.1) is 0 Å². The van der Waals surface area contributed by atoms with Crippen LogP contribution in [0.3, 0.4) is 0 Å². The maximum atomic E-state index is 4.99. The molecule has 0 amide bonds. The Morgan fingerprint density at radius 1 is 1.36 bits per heavy atom. The summed E-state index contributed by atoms with van der Waals surface area (Å²) in [5.74, 6) is 0.505. The molecule has 0 fully saturated rings. The zero-order valence-corrected chi connectivity index (χ0v) is 5.69. The Kier molecular flexibility index (Phi) is 1.41. The highest BCUT2D eigenvalue weighted by molar-refractivity contribution is 5.44. The van der Waals surface area contributed by atoms with Crippen LogP contribution in [-0.2, 0) is 0 Å². The van der Waals surface area contributed by atoms with Gasteiger partial charge < -0.3 is 4.42 Å². The number of pyridine rings is 1. The quantitative estimate of drug-likeness (QED) is 0.610. The molecular formula is C8H5N2O. The molecule has 1 radical (unpaired) electrons. The van der Waals surface area contributed by atoms with Gasteiger partial charge in [-0.1, -0.05) is 6.07 Å². The van der Waals surface area contributed by atoms with Gasteiger partial charge in [-0.2, -0.15) is 0 Å². The fourth-order valence-electron chi connectivity index (χ4n) is 0.800. The number of aromatic nitrogens is 2. The Morgan fingerprint density at radius 2 is 2.36 bits per heavy atom. The summed E-state index contributed by atoms with van der Waals surface area (Å²) >= 11 is 0. The van der Waals surface area contributed by atoms with Crippen LogP contribution in [0.1, 0.15) is 0 Å². The van der Waals surface area contributed by atoms with Gasteiger partial charge in [0.15, 0.2) is 0 Å². The zero-order chi connectivity index (χ0) is 7.52. The molecule has 2 heterocycles. The molecule has 0 aromatic carbocycles. The first-order chi connectivity index (χ1) is 5.47. The second kappa shape index (κ2) is 2.54. The number of hydrogen-bond acceptors (Lipinski definition) is 3. The first kappa shape index (κ1) is 6.09. The monoisotopic (exact) mass is 145 g/mol. The summed E-state index contributed by atoms with van der Waals surface area (Å²) in [6.07, 6.45) is 5.67. The third-order valence-electron chi connectivity index (χ3n) is 1.27. The zero-order valence-electron chi connectivity index (χ0n) is 5.69. The van der Waals surface area contributed by atoms with Gasteiger partial charge in [-0.15, -0.1) is 0 Å². The first-order valence-corrected chi connectivity index (χ1v) is 3.20. The van der Waals surface area contributed by atoms with Gasteiger partial charge in [0.1, 0.15) is 18.2 Å². The molecule has 0 N–H and O–H groups in total. The van der Waals surface area contributed by atoms with Gasteiger partial charge in [0, 0.05) is 6.20 Å². The Bertz CT molecular complexity index is 315. The summed E-state index contributed by atoms with van der Waals surface area (Å²) in [5, 5.41) is 0. The van der Waals surface area contributed by atoms with Crippen molar-refractivity contribution in [3.05, 3.63) is 36.9 Å². The van der Waals surface area contributed by atoms with E-state index in [0.717, 1.165) is 5.69 Å². The van der Waals surface area contributed by atoms with Crippen molar-refractivity contribution in [2.75, 3.05) is 0 Å². The molecule has 0 bridgehead atoms. The van der Waals surface area contributed by atoms with Gasteiger partial charge in [-0.05, 0) is 12.1 Å². The fourth-order valence-corrected chi connectivity index (χ4v) is 0.800. The van der Waals surface area contributed by atoms with Crippen LogP contribution in [-0.4, -0.2) is 9.97 Å². The lowest BCUT2D eigenvalue weighted by Crippen LogP contribution is -1.79. The van der Waals surface area contributed by atoms with Gasteiger partial charge in [-0.25, -0.2) is 4.98 Å². The second-order valence-electron chi connectivity index (χ2n) is 2.00. The Morgan fingerprint density at radius 3 is 3.00 bits per heavy atom. The predicted molar refractivity (Wildman–Crippen MR) is 38.6 cm³/mol. The third-order valence-corrected chi connectivity index (χ3v) is 1.27. The van der Waals surface area contributed by atoms with Crippen LogP contribution in [0.2, 0.25) is 0 Å². The lowest BCUT2D eigenvalue weighted by molar-refractivity contribution is 0.572. The van der Waals surface area contributed by atoms with Gasteiger partial charge in [0.25, 0.3) is 0 Å². The van der Waals surface area contributed by atoms with E-state index in [1.54, 1.807) is 6.20 Å². The minimum atomic E-state index is 0.505. The second-order valence-corrected chi connectivity index (χ2v) is 2.00. The molecule has 2 aromatic rings. The first-order valence-electron chi connectivity index (χ1n) is 3.20. The van der Waals surface area contributed by atoms with E-state index in [9.17, 15) is 0 Å². The Hall–Kier alpha value is -1.64. The van der Waals surface area contributed by atoms with E-state index >= 15 is 0 Å². The largest absolute Gasteiger partial charge is 0.443 e. The van der Waals surface area contributed by atoms with Crippen LogP contribution in [0.5, 0.6) is 0 Å².